The predicted octanol–water partition coefficient (Wildman–Crippen LogP) is 4.72. The number of thioether (sulfide) groups is 1. The number of benzene rings is 3. The van der Waals surface area contributed by atoms with E-state index in [4.69, 9.17) is 9.47 Å². The highest BCUT2D eigenvalue weighted by Gasteiger charge is 2.23. The van der Waals surface area contributed by atoms with Gasteiger partial charge in [-0.05, 0) is 30.3 Å². The van der Waals surface area contributed by atoms with Gasteiger partial charge >= 0.3 is 0 Å². The standard InChI is InChI=1S/C26H23FN4O3S/c27-20-11-5-7-13-23(20)34-16-24-29-30-26(31(24)18-8-2-1-3-9-18)35-17-25(32)28-21-14-15-33-22-12-6-4-10-19(21)22/h1-13,21H,14-17H2,(H,28,32). The van der Waals surface area contributed by atoms with Crippen molar-refractivity contribution in [2.75, 3.05) is 12.4 Å². The third-order valence-corrected chi connectivity index (χ3v) is 6.46. The van der Waals surface area contributed by atoms with Crippen LogP contribution in [0.15, 0.2) is 84.0 Å². The summed E-state index contributed by atoms with van der Waals surface area (Å²) in [4.78, 5) is 12.8. The number of para-hydroxylation sites is 3. The zero-order chi connectivity index (χ0) is 24.0. The fourth-order valence-electron chi connectivity index (χ4n) is 3.89. The van der Waals surface area contributed by atoms with Gasteiger partial charge in [0.1, 0.15) is 12.4 Å². The summed E-state index contributed by atoms with van der Waals surface area (Å²) in [7, 11) is 0. The van der Waals surface area contributed by atoms with Gasteiger partial charge in [0.2, 0.25) is 5.91 Å². The van der Waals surface area contributed by atoms with Crippen molar-refractivity contribution in [3.8, 4) is 17.2 Å². The molecule has 2 heterocycles. The molecule has 7 nitrogen and oxygen atoms in total. The highest BCUT2D eigenvalue weighted by atomic mass is 32.2. The first-order valence-corrected chi connectivity index (χ1v) is 12.2. The van der Waals surface area contributed by atoms with E-state index in [9.17, 15) is 9.18 Å². The van der Waals surface area contributed by atoms with E-state index in [0.29, 0.717) is 24.0 Å². The Morgan fingerprint density at radius 3 is 2.69 bits per heavy atom. The zero-order valence-electron chi connectivity index (χ0n) is 18.8. The second-order valence-corrected chi connectivity index (χ2v) is 8.82. The Balaban J connectivity index is 1.30. The minimum absolute atomic E-state index is 0.0223. The van der Waals surface area contributed by atoms with E-state index < -0.39 is 5.82 Å². The van der Waals surface area contributed by atoms with Crippen molar-refractivity contribution >= 4 is 17.7 Å². The first-order chi connectivity index (χ1) is 17.2. The minimum atomic E-state index is -0.445. The van der Waals surface area contributed by atoms with Crippen LogP contribution in [0, 0.1) is 5.82 Å². The highest BCUT2D eigenvalue weighted by Crippen LogP contribution is 2.32. The molecule has 0 spiro atoms. The number of carbonyl (C=O) groups is 1. The second-order valence-electron chi connectivity index (χ2n) is 7.87. The van der Waals surface area contributed by atoms with Crippen molar-refractivity contribution in [1.29, 1.82) is 0 Å². The van der Waals surface area contributed by atoms with E-state index in [2.05, 4.69) is 15.5 Å². The quantitative estimate of drug-likeness (QED) is 0.360. The van der Waals surface area contributed by atoms with Gasteiger partial charge in [0.15, 0.2) is 22.5 Å². The van der Waals surface area contributed by atoms with Crippen LogP contribution in [0.2, 0.25) is 0 Å². The van der Waals surface area contributed by atoms with Crippen LogP contribution in [0.4, 0.5) is 4.39 Å². The van der Waals surface area contributed by atoms with Crippen LogP contribution in [0.1, 0.15) is 23.9 Å². The summed E-state index contributed by atoms with van der Waals surface area (Å²) in [5.41, 5.74) is 1.81. The lowest BCUT2D eigenvalue weighted by Gasteiger charge is -2.26. The molecular formula is C26H23FN4O3S. The van der Waals surface area contributed by atoms with Gasteiger partial charge in [-0.3, -0.25) is 9.36 Å². The molecule has 35 heavy (non-hydrogen) atoms. The molecule has 0 saturated heterocycles. The number of carbonyl (C=O) groups excluding carboxylic acids is 1. The van der Waals surface area contributed by atoms with Crippen molar-refractivity contribution in [1.82, 2.24) is 20.1 Å². The molecule has 1 amide bonds. The van der Waals surface area contributed by atoms with Crippen molar-refractivity contribution < 1.29 is 18.7 Å². The van der Waals surface area contributed by atoms with E-state index in [0.717, 1.165) is 17.0 Å². The maximum absolute atomic E-state index is 14.0. The highest BCUT2D eigenvalue weighted by molar-refractivity contribution is 7.99. The molecular weight excluding hydrogens is 467 g/mol. The van der Waals surface area contributed by atoms with Crippen LogP contribution in [-0.2, 0) is 11.4 Å². The minimum Gasteiger partial charge on any atom is -0.493 e. The average Bonchev–Trinajstić information content (AvgIpc) is 3.30. The molecule has 3 aromatic carbocycles. The van der Waals surface area contributed by atoms with Gasteiger partial charge < -0.3 is 14.8 Å². The van der Waals surface area contributed by atoms with Crippen molar-refractivity contribution in [2.45, 2.75) is 24.2 Å². The second kappa shape index (κ2) is 10.6. The van der Waals surface area contributed by atoms with Gasteiger partial charge in [-0.15, -0.1) is 10.2 Å². The van der Waals surface area contributed by atoms with Crippen LogP contribution >= 0.6 is 11.8 Å². The molecule has 1 aromatic heterocycles. The number of hydrogen-bond acceptors (Lipinski definition) is 6. The van der Waals surface area contributed by atoms with Crippen molar-refractivity contribution in [3.05, 3.63) is 96.1 Å². The Morgan fingerprint density at radius 1 is 1.06 bits per heavy atom. The van der Waals surface area contributed by atoms with E-state index in [1.165, 1.54) is 17.8 Å². The van der Waals surface area contributed by atoms with Crippen LogP contribution in [0.3, 0.4) is 0 Å². The molecule has 9 heteroatoms. The Hall–Kier alpha value is -3.85. The maximum Gasteiger partial charge on any atom is 0.230 e. The molecule has 0 bridgehead atoms. The maximum atomic E-state index is 14.0. The monoisotopic (exact) mass is 490 g/mol. The van der Waals surface area contributed by atoms with Crippen LogP contribution in [0.5, 0.6) is 11.5 Å². The summed E-state index contributed by atoms with van der Waals surface area (Å²) >= 11 is 1.28. The lowest BCUT2D eigenvalue weighted by Crippen LogP contribution is -2.33. The summed E-state index contributed by atoms with van der Waals surface area (Å²) in [5, 5.41) is 12.2. The number of fused-ring (bicyclic) bond motifs is 1. The van der Waals surface area contributed by atoms with Gasteiger partial charge in [0, 0.05) is 17.7 Å². The zero-order valence-corrected chi connectivity index (χ0v) is 19.6. The third kappa shape index (κ3) is 5.30. The largest absolute Gasteiger partial charge is 0.493 e. The molecule has 1 N–H and O–H groups in total. The normalized spacial score (nSPS) is 14.6. The van der Waals surface area contributed by atoms with Gasteiger partial charge in [0.25, 0.3) is 0 Å². The molecule has 0 saturated carbocycles. The van der Waals surface area contributed by atoms with Crippen LogP contribution < -0.4 is 14.8 Å². The van der Waals surface area contributed by atoms with Gasteiger partial charge in [0.05, 0.1) is 18.4 Å². The molecule has 1 atom stereocenters. The SMILES string of the molecule is O=C(CSc1nnc(COc2ccccc2F)n1-c1ccccc1)NC1CCOc2ccccc21. The number of ether oxygens (including phenoxy) is 2. The summed E-state index contributed by atoms with van der Waals surface area (Å²) in [6.45, 7) is 0.581. The Kier molecular flexibility index (Phi) is 6.94. The number of nitrogens with zero attached hydrogens (tertiary/aromatic N) is 3. The molecule has 1 aliphatic heterocycles. The molecule has 4 aromatic rings. The smallest absolute Gasteiger partial charge is 0.230 e. The summed E-state index contributed by atoms with van der Waals surface area (Å²) in [6, 6.07) is 23.4. The Bertz CT molecular complexity index is 1310. The summed E-state index contributed by atoms with van der Waals surface area (Å²) < 4.78 is 27.2. The van der Waals surface area contributed by atoms with E-state index in [1.807, 2.05) is 59.2 Å². The Morgan fingerprint density at radius 2 is 1.83 bits per heavy atom. The third-order valence-electron chi connectivity index (χ3n) is 5.53. The number of amides is 1. The number of rotatable bonds is 8. The average molecular weight is 491 g/mol. The molecule has 1 aliphatic rings. The molecule has 1 unspecified atom stereocenters. The van der Waals surface area contributed by atoms with E-state index in [1.54, 1.807) is 18.2 Å². The number of nitrogens with one attached hydrogen (secondary N) is 1. The molecule has 0 radical (unpaired) electrons. The van der Waals surface area contributed by atoms with Gasteiger partial charge in [-0.2, -0.15) is 0 Å². The predicted molar refractivity (Wildman–Crippen MR) is 130 cm³/mol. The van der Waals surface area contributed by atoms with E-state index >= 15 is 0 Å². The number of halogens is 1. The van der Waals surface area contributed by atoms with Gasteiger partial charge in [-0.1, -0.05) is 60.3 Å². The lowest BCUT2D eigenvalue weighted by molar-refractivity contribution is -0.119. The van der Waals surface area contributed by atoms with Gasteiger partial charge in [-0.25, -0.2) is 4.39 Å². The Labute approximate surface area is 206 Å². The molecule has 5 rings (SSSR count). The van der Waals surface area contributed by atoms with E-state index in [-0.39, 0.29) is 30.1 Å². The molecule has 178 valence electrons. The topological polar surface area (TPSA) is 78.3 Å². The fraction of sp³-hybridized carbons (Fsp3) is 0.192. The number of hydrogen-bond donors (Lipinski definition) is 1. The lowest BCUT2D eigenvalue weighted by atomic mass is 10.0. The van der Waals surface area contributed by atoms with Crippen molar-refractivity contribution in [3.63, 3.8) is 0 Å². The molecule has 0 aliphatic carbocycles. The summed E-state index contributed by atoms with van der Waals surface area (Å²) in [6.07, 6.45) is 0.713. The van der Waals surface area contributed by atoms with Crippen LogP contribution in [-0.4, -0.2) is 33.0 Å². The fourth-order valence-corrected chi connectivity index (χ4v) is 4.67. The molecule has 0 fully saturated rings. The van der Waals surface area contributed by atoms with Crippen molar-refractivity contribution in [2.24, 2.45) is 0 Å². The first kappa shape index (κ1) is 22.9. The van der Waals surface area contributed by atoms with Crippen LogP contribution in [0.25, 0.3) is 5.69 Å². The number of aromatic nitrogens is 3. The summed E-state index contributed by atoms with van der Waals surface area (Å²) in [5.74, 6) is 1.06. The first-order valence-electron chi connectivity index (χ1n) is 11.2.